The molecule has 1 amide bonds. The standard InChI is InChI=1S/C10H16N2O6/c1-10(17)7(15)5(4-13)18-8(10)12-3-2-6(14)11-9(12)16/h2-3,5,7-9,13,15-17H,4H2,1H3,(H,11,14)/t5-,7-,8-,9?,10-/m1/s1. The molecule has 8 nitrogen and oxygen atoms in total. The van der Waals surface area contributed by atoms with Gasteiger partial charge in [0.1, 0.15) is 17.8 Å². The number of carbonyl (C=O) groups excluding carboxylic acids is 1. The van der Waals surface area contributed by atoms with Crippen molar-refractivity contribution in [3.8, 4) is 0 Å². The number of aliphatic hydroxyl groups excluding tert-OH is 3. The number of carbonyl (C=O) groups is 1. The van der Waals surface area contributed by atoms with Crippen LogP contribution in [0.1, 0.15) is 6.92 Å². The molecule has 0 aromatic heterocycles. The van der Waals surface area contributed by atoms with Crippen molar-refractivity contribution >= 4 is 5.91 Å². The largest absolute Gasteiger partial charge is 0.394 e. The summed E-state index contributed by atoms with van der Waals surface area (Å²) in [6.07, 6.45) is -2.30. The van der Waals surface area contributed by atoms with Crippen molar-refractivity contribution in [3.63, 3.8) is 0 Å². The van der Waals surface area contributed by atoms with Crippen LogP contribution in [0.2, 0.25) is 0 Å². The van der Waals surface area contributed by atoms with Crippen LogP contribution in [0.25, 0.3) is 0 Å². The molecule has 8 heteroatoms. The van der Waals surface area contributed by atoms with Crippen LogP contribution in [-0.4, -0.2) is 68.2 Å². The maximum Gasteiger partial charge on any atom is 0.248 e. The lowest BCUT2D eigenvalue weighted by atomic mass is 9.96. The van der Waals surface area contributed by atoms with Crippen LogP contribution < -0.4 is 5.32 Å². The van der Waals surface area contributed by atoms with Gasteiger partial charge in [-0.05, 0) is 6.92 Å². The zero-order chi connectivity index (χ0) is 13.5. The topological polar surface area (TPSA) is 122 Å². The molecule has 18 heavy (non-hydrogen) atoms. The summed E-state index contributed by atoms with van der Waals surface area (Å²) in [6, 6.07) is 0. The van der Waals surface area contributed by atoms with E-state index in [1.54, 1.807) is 0 Å². The first-order chi connectivity index (χ1) is 8.37. The van der Waals surface area contributed by atoms with Gasteiger partial charge in [-0.2, -0.15) is 0 Å². The Labute approximate surface area is 103 Å². The molecule has 0 saturated carbocycles. The first-order valence-electron chi connectivity index (χ1n) is 5.49. The molecular formula is C10H16N2O6. The van der Waals surface area contributed by atoms with Gasteiger partial charge in [-0.15, -0.1) is 0 Å². The summed E-state index contributed by atoms with van der Waals surface area (Å²) in [6.45, 7) is 0.864. The summed E-state index contributed by atoms with van der Waals surface area (Å²) >= 11 is 0. The molecule has 2 rings (SSSR count). The van der Waals surface area contributed by atoms with E-state index in [1.165, 1.54) is 13.1 Å². The Balaban J connectivity index is 2.23. The molecule has 102 valence electrons. The fourth-order valence-corrected chi connectivity index (χ4v) is 2.11. The van der Waals surface area contributed by atoms with Crippen LogP contribution in [0.3, 0.4) is 0 Å². The van der Waals surface area contributed by atoms with E-state index in [0.717, 1.165) is 11.0 Å². The van der Waals surface area contributed by atoms with E-state index in [-0.39, 0.29) is 0 Å². The lowest BCUT2D eigenvalue weighted by Gasteiger charge is -2.39. The average molecular weight is 260 g/mol. The smallest absolute Gasteiger partial charge is 0.248 e. The summed E-state index contributed by atoms with van der Waals surface area (Å²) < 4.78 is 5.30. The molecule has 2 aliphatic heterocycles. The quantitative estimate of drug-likeness (QED) is 0.359. The van der Waals surface area contributed by atoms with Crippen LogP contribution >= 0.6 is 0 Å². The first kappa shape index (κ1) is 13.2. The highest BCUT2D eigenvalue weighted by atomic mass is 16.6. The third-order valence-corrected chi connectivity index (χ3v) is 3.16. The number of ether oxygens (including phenoxy) is 1. The predicted octanol–water partition coefficient (Wildman–Crippen LogP) is -2.96. The Bertz CT molecular complexity index is 371. The maximum atomic E-state index is 11.0. The minimum Gasteiger partial charge on any atom is -0.394 e. The number of aliphatic hydroxyl groups is 4. The molecule has 5 N–H and O–H groups in total. The van der Waals surface area contributed by atoms with Gasteiger partial charge in [-0.25, -0.2) is 0 Å². The molecule has 0 aliphatic carbocycles. The first-order valence-corrected chi connectivity index (χ1v) is 5.49. The summed E-state index contributed by atoms with van der Waals surface area (Å²) in [5.74, 6) is -0.476. The number of hydrogen-bond acceptors (Lipinski definition) is 7. The Morgan fingerprint density at radius 2 is 2.22 bits per heavy atom. The van der Waals surface area contributed by atoms with Gasteiger partial charge in [0.2, 0.25) is 12.3 Å². The van der Waals surface area contributed by atoms with Crippen molar-refractivity contribution in [3.05, 3.63) is 12.3 Å². The lowest BCUT2D eigenvalue weighted by molar-refractivity contribution is -0.173. The normalized spacial score (nSPS) is 44.3. The highest BCUT2D eigenvalue weighted by Gasteiger charge is 2.55. The van der Waals surface area contributed by atoms with Crippen molar-refractivity contribution < 1.29 is 30.0 Å². The minimum absolute atomic E-state index is 0.464. The van der Waals surface area contributed by atoms with E-state index in [2.05, 4.69) is 5.32 Å². The van der Waals surface area contributed by atoms with E-state index in [1.807, 2.05) is 0 Å². The molecule has 2 heterocycles. The molecular weight excluding hydrogens is 244 g/mol. The van der Waals surface area contributed by atoms with Crippen molar-refractivity contribution in [2.75, 3.05) is 6.61 Å². The van der Waals surface area contributed by atoms with Crippen molar-refractivity contribution in [2.45, 2.75) is 37.3 Å². The Morgan fingerprint density at radius 1 is 1.56 bits per heavy atom. The molecule has 0 spiro atoms. The van der Waals surface area contributed by atoms with E-state index in [9.17, 15) is 20.1 Å². The van der Waals surface area contributed by atoms with Crippen LogP contribution in [0.15, 0.2) is 12.3 Å². The van der Waals surface area contributed by atoms with Crippen LogP contribution in [0.5, 0.6) is 0 Å². The Kier molecular flexibility index (Phi) is 3.30. The molecule has 0 radical (unpaired) electrons. The number of nitrogens with zero attached hydrogens (tertiary/aromatic N) is 1. The molecule has 1 unspecified atom stereocenters. The van der Waals surface area contributed by atoms with Crippen LogP contribution in [0, 0.1) is 0 Å². The zero-order valence-electron chi connectivity index (χ0n) is 9.72. The summed E-state index contributed by atoms with van der Waals surface area (Å²) in [5, 5.41) is 40.9. The fraction of sp³-hybridized carbons (Fsp3) is 0.700. The van der Waals surface area contributed by atoms with E-state index < -0.39 is 42.9 Å². The van der Waals surface area contributed by atoms with Gasteiger partial charge in [0, 0.05) is 12.3 Å². The fourth-order valence-electron chi connectivity index (χ4n) is 2.11. The third kappa shape index (κ3) is 1.98. The second-order valence-corrected chi connectivity index (χ2v) is 4.53. The number of hydrogen-bond donors (Lipinski definition) is 5. The Hall–Kier alpha value is -1.19. The number of nitrogens with one attached hydrogen (secondary N) is 1. The van der Waals surface area contributed by atoms with Crippen molar-refractivity contribution in [2.24, 2.45) is 0 Å². The van der Waals surface area contributed by atoms with E-state index in [4.69, 9.17) is 9.84 Å². The second-order valence-electron chi connectivity index (χ2n) is 4.53. The lowest BCUT2D eigenvalue weighted by Crippen LogP contribution is -2.59. The van der Waals surface area contributed by atoms with Crippen molar-refractivity contribution in [1.82, 2.24) is 10.2 Å². The highest BCUT2D eigenvalue weighted by Crippen LogP contribution is 2.34. The Morgan fingerprint density at radius 3 is 2.72 bits per heavy atom. The molecule has 1 fully saturated rings. The zero-order valence-corrected chi connectivity index (χ0v) is 9.72. The van der Waals surface area contributed by atoms with Gasteiger partial charge < -0.3 is 35.4 Å². The van der Waals surface area contributed by atoms with Gasteiger partial charge in [-0.3, -0.25) is 4.79 Å². The van der Waals surface area contributed by atoms with Gasteiger partial charge in [-0.1, -0.05) is 0 Å². The summed E-state index contributed by atoms with van der Waals surface area (Å²) in [7, 11) is 0. The summed E-state index contributed by atoms with van der Waals surface area (Å²) in [5.41, 5.74) is -1.69. The molecule has 1 saturated heterocycles. The molecule has 5 atom stereocenters. The molecule has 2 aliphatic rings. The SMILES string of the molecule is C[C@@]1(O)[C@H](O)[C@@H](CO)O[C@H]1N1C=CC(=O)NC1O. The van der Waals surface area contributed by atoms with E-state index in [0.29, 0.717) is 0 Å². The van der Waals surface area contributed by atoms with E-state index >= 15 is 0 Å². The van der Waals surface area contributed by atoms with Crippen LogP contribution in [-0.2, 0) is 9.53 Å². The van der Waals surface area contributed by atoms with Gasteiger partial charge in [0.15, 0.2) is 6.23 Å². The number of amides is 1. The average Bonchev–Trinajstić information content (AvgIpc) is 2.52. The second kappa shape index (κ2) is 4.48. The van der Waals surface area contributed by atoms with Gasteiger partial charge in [0.25, 0.3) is 0 Å². The molecule has 0 aromatic carbocycles. The monoisotopic (exact) mass is 260 g/mol. The van der Waals surface area contributed by atoms with Gasteiger partial charge >= 0.3 is 0 Å². The molecule has 0 aromatic rings. The minimum atomic E-state index is -1.69. The van der Waals surface area contributed by atoms with Crippen molar-refractivity contribution in [1.29, 1.82) is 0 Å². The van der Waals surface area contributed by atoms with Crippen LogP contribution in [0.4, 0.5) is 0 Å². The highest BCUT2D eigenvalue weighted by molar-refractivity contribution is 5.88. The third-order valence-electron chi connectivity index (χ3n) is 3.16. The summed E-state index contributed by atoms with van der Waals surface area (Å²) in [4.78, 5) is 12.2. The predicted molar refractivity (Wildman–Crippen MR) is 57.5 cm³/mol. The van der Waals surface area contributed by atoms with Gasteiger partial charge in [0.05, 0.1) is 6.61 Å². The number of rotatable bonds is 2. The maximum absolute atomic E-state index is 11.0. The molecule has 0 bridgehead atoms.